The summed E-state index contributed by atoms with van der Waals surface area (Å²) in [5, 5.41) is 0. The van der Waals surface area contributed by atoms with E-state index in [1.165, 1.54) is 51.0 Å². The molecule has 1 saturated heterocycles. The van der Waals surface area contributed by atoms with Crippen molar-refractivity contribution in [1.82, 2.24) is 4.90 Å². The Labute approximate surface area is 262 Å². The predicted molar refractivity (Wildman–Crippen MR) is 172 cm³/mol. The lowest BCUT2D eigenvalue weighted by Gasteiger charge is -2.33. The number of carbonyl (C=O) groups is 2. The molecule has 0 radical (unpaired) electrons. The Kier molecular flexibility index (Phi) is 16.8. The molecule has 1 aliphatic heterocycles. The smallest absolute Gasteiger partial charge is 0.394 e. The monoisotopic (exact) mass is 621 g/mol. The Balaban J connectivity index is 0.000000257. The molecular weight excluding hydrogens is 567 g/mol. The van der Waals surface area contributed by atoms with Crippen LogP contribution >= 0.6 is 0 Å². The third kappa shape index (κ3) is 12.7. The predicted octanol–water partition coefficient (Wildman–Crippen LogP) is 8.07. The molecule has 3 fully saturated rings. The number of Topliss-reactive ketones (excluding diaryl/α,β-unsaturated/α-hetero) is 1. The molecule has 0 aromatic heterocycles. The SMILES string of the molecule is CCCC(=O)CN=C1CCC/C1=C(/N)C(=O)N1CCOCC1.CCCC(CCC)C1CCC1.Cc1cccc(C(F)(F)F)c1. The Morgan fingerprint density at radius 1 is 1.02 bits per heavy atom. The van der Waals surface area contributed by atoms with Gasteiger partial charge in [0.2, 0.25) is 0 Å². The number of alkyl halides is 3. The highest BCUT2D eigenvalue weighted by molar-refractivity contribution is 6.09. The number of aryl methyl sites for hydroxylation is 1. The molecule has 1 amide bonds. The topological polar surface area (TPSA) is 85.0 Å². The van der Waals surface area contributed by atoms with E-state index in [4.69, 9.17) is 10.5 Å². The number of carbonyl (C=O) groups excluding carboxylic acids is 2. The van der Waals surface area contributed by atoms with E-state index in [2.05, 4.69) is 18.8 Å². The van der Waals surface area contributed by atoms with Crippen LogP contribution in [0.1, 0.15) is 109 Å². The van der Waals surface area contributed by atoms with Gasteiger partial charge < -0.3 is 15.4 Å². The maximum atomic E-state index is 12.4. The standard InChI is InChI=1S/C16H25N3O3.C11H22.C8H7F3/c1-2-4-12(20)11-18-14-6-3-5-13(14)15(17)16(21)19-7-9-22-10-8-19;1-3-6-10(7-4-2)11-8-5-9-11;1-6-3-2-4-7(5-6)8(9,10)11/h2-11,17H2,1H3;10-11H,3-9H2,1-2H3;2-5H,1H3/b15-13-,18-14?;;. The molecule has 9 heteroatoms. The highest BCUT2D eigenvalue weighted by Gasteiger charge is 2.30. The fourth-order valence-electron chi connectivity index (χ4n) is 5.89. The van der Waals surface area contributed by atoms with Crippen molar-refractivity contribution >= 4 is 17.4 Å². The van der Waals surface area contributed by atoms with Gasteiger partial charge in [0.1, 0.15) is 5.70 Å². The quantitative estimate of drug-likeness (QED) is 0.268. The minimum atomic E-state index is -4.22. The van der Waals surface area contributed by atoms with Gasteiger partial charge in [-0.25, -0.2) is 0 Å². The second kappa shape index (κ2) is 19.7. The number of ether oxygens (including phenoxy) is 1. The molecule has 1 aromatic rings. The van der Waals surface area contributed by atoms with Gasteiger partial charge >= 0.3 is 6.18 Å². The number of ketones is 1. The first-order valence-electron chi connectivity index (χ1n) is 16.6. The van der Waals surface area contributed by atoms with Gasteiger partial charge in [0, 0.05) is 30.8 Å². The first kappa shape index (κ1) is 37.5. The molecule has 44 heavy (non-hydrogen) atoms. The first-order chi connectivity index (χ1) is 21.0. The number of amides is 1. The normalized spacial score (nSPS) is 19.1. The van der Waals surface area contributed by atoms with E-state index >= 15 is 0 Å². The Bertz CT molecular complexity index is 1080. The van der Waals surface area contributed by atoms with E-state index in [1.807, 2.05) is 6.92 Å². The van der Waals surface area contributed by atoms with Crippen LogP contribution in [0.25, 0.3) is 0 Å². The summed E-state index contributed by atoms with van der Waals surface area (Å²) in [4.78, 5) is 30.2. The zero-order valence-electron chi connectivity index (χ0n) is 27.3. The number of rotatable bonds is 10. The van der Waals surface area contributed by atoms with Gasteiger partial charge in [0.05, 0.1) is 25.3 Å². The van der Waals surface area contributed by atoms with Crippen LogP contribution in [0.5, 0.6) is 0 Å². The third-order valence-electron chi connectivity index (χ3n) is 8.50. The van der Waals surface area contributed by atoms with Gasteiger partial charge in [-0.05, 0) is 50.5 Å². The number of aliphatic imine (C=N–C) groups is 1. The number of hydrogen-bond acceptors (Lipinski definition) is 5. The molecule has 2 aliphatic carbocycles. The Morgan fingerprint density at radius 2 is 1.68 bits per heavy atom. The Hall–Kier alpha value is -2.68. The minimum absolute atomic E-state index is 0.132. The van der Waals surface area contributed by atoms with Crippen LogP contribution in [-0.4, -0.2) is 55.2 Å². The summed E-state index contributed by atoms with van der Waals surface area (Å²) in [6, 6.07) is 5.22. The number of allylic oxidation sites excluding steroid dienone is 1. The summed E-state index contributed by atoms with van der Waals surface area (Å²) in [5.74, 6) is 2.21. The maximum absolute atomic E-state index is 12.4. The number of benzene rings is 1. The number of morpholine rings is 1. The summed E-state index contributed by atoms with van der Waals surface area (Å²) >= 11 is 0. The largest absolute Gasteiger partial charge is 0.416 e. The lowest BCUT2D eigenvalue weighted by Crippen LogP contribution is -2.43. The molecule has 0 bridgehead atoms. The maximum Gasteiger partial charge on any atom is 0.416 e. The molecule has 6 nitrogen and oxygen atoms in total. The average Bonchev–Trinajstić information content (AvgIpc) is 3.44. The second-order valence-electron chi connectivity index (χ2n) is 12.1. The molecule has 1 heterocycles. The van der Waals surface area contributed by atoms with Gasteiger partial charge in [-0.2, -0.15) is 13.2 Å². The number of hydrogen-bond donors (Lipinski definition) is 1. The van der Waals surface area contributed by atoms with Crippen LogP contribution in [0.4, 0.5) is 13.2 Å². The highest BCUT2D eigenvalue weighted by atomic mass is 19.4. The van der Waals surface area contributed by atoms with Crippen LogP contribution in [0.2, 0.25) is 0 Å². The van der Waals surface area contributed by atoms with E-state index in [1.54, 1.807) is 17.9 Å². The van der Waals surface area contributed by atoms with Crippen LogP contribution in [0.15, 0.2) is 40.5 Å². The van der Waals surface area contributed by atoms with Gasteiger partial charge in [0.25, 0.3) is 5.91 Å². The van der Waals surface area contributed by atoms with E-state index in [0.29, 0.717) is 44.0 Å². The molecule has 4 rings (SSSR count). The first-order valence-corrected chi connectivity index (χ1v) is 16.6. The average molecular weight is 622 g/mol. The van der Waals surface area contributed by atoms with Crippen LogP contribution in [0, 0.1) is 18.8 Å². The van der Waals surface area contributed by atoms with E-state index in [0.717, 1.165) is 60.9 Å². The Morgan fingerprint density at radius 3 is 2.18 bits per heavy atom. The lowest BCUT2D eigenvalue weighted by atomic mass is 9.72. The van der Waals surface area contributed by atoms with Crippen LogP contribution in [0.3, 0.4) is 0 Å². The van der Waals surface area contributed by atoms with E-state index < -0.39 is 11.7 Å². The molecule has 248 valence electrons. The molecule has 0 unspecified atom stereocenters. The minimum Gasteiger partial charge on any atom is -0.394 e. The van der Waals surface area contributed by atoms with Gasteiger partial charge in [-0.3, -0.25) is 14.6 Å². The van der Waals surface area contributed by atoms with Crippen molar-refractivity contribution in [3.63, 3.8) is 0 Å². The van der Waals surface area contributed by atoms with Crippen molar-refractivity contribution in [2.75, 3.05) is 32.8 Å². The highest BCUT2D eigenvalue weighted by Crippen LogP contribution is 2.38. The molecular formula is C35H54F3N3O3. The van der Waals surface area contributed by atoms with Gasteiger partial charge in [-0.1, -0.05) is 89.5 Å². The van der Waals surface area contributed by atoms with Gasteiger partial charge in [-0.15, -0.1) is 0 Å². The van der Waals surface area contributed by atoms with Crippen molar-refractivity contribution in [1.29, 1.82) is 0 Å². The summed E-state index contributed by atoms with van der Waals surface area (Å²) < 4.78 is 41.2. The summed E-state index contributed by atoms with van der Waals surface area (Å²) in [7, 11) is 0. The van der Waals surface area contributed by atoms with Crippen LogP contribution in [-0.2, 0) is 20.5 Å². The summed E-state index contributed by atoms with van der Waals surface area (Å²) in [6.07, 6.45) is 10.00. The van der Waals surface area contributed by atoms with Crippen molar-refractivity contribution in [3.05, 3.63) is 46.7 Å². The van der Waals surface area contributed by atoms with Crippen molar-refractivity contribution in [2.45, 2.75) is 111 Å². The summed E-state index contributed by atoms with van der Waals surface area (Å²) in [5.41, 5.74) is 8.09. The molecule has 2 saturated carbocycles. The van der Waals surface area contributed by atoms with Gasteiger partial charge in [0.15, 0.2) is 5.78 Å². The third-order valence-corrected chi connectivity index (χ3v) is 8.50. The summed E-state index contributed by atoms with van der Waals surface area (Å²) in [6.45, 7) is 10.7. The fourth-order valence-corrected chi connectivity index (χ4v) is 5.89. The molecule has 3 aliphatic rings. The van der Waals surface area contributed by atoms with E-state index in [9.17, 15) is 22.8 Å². The van der Waals surface area contributed by atoms with Crippen molar-refractivity contribution < 1.29 is 27.5 Å². The molecule has 0 spiro atoms. The molecule has 1 aromatic carbocycles. The molecule has 0 atom stereocenters. The fraction of sp³-hybridized carbons (Fsp3) is 0.686. The lowest BCUT2D eigenvalue weighted by molar-refractivity contribution is -0.137. The zero-order chi connectivity index (χ0) is 32.5. The van der Waals surface area contributed by atoms with Crippen molar-refractivity contribution in [2.24, 2.45) is 22.6 Å². The second-order valence-corrected chi connectivity index (χ2v) is 12.1. The molecule has 2 N–H and O–H groups in total. The van der Waals surface area contributed by atoms with E-state index in [-0.39, 0.29) is 18.2 Å². The zero-order valence-corrected chi connectivity index (χ0v) is 27.3. The number of nitrogens with zero attached hydrogens (tertiary/aromatic N) is 2. The number of halogens is 3. The van der Waals surface area contributed by atoms with Crippen LogP contribution < -0.4 is 5.73 Å². The van der Waals surface area contributed by atoms with Crippen molar-refractivity contribution in [3.8, 4) is 0 Å². The number of nitrogens with two attached hydrogens (primary N) is 1.